The molecule has 3 nitrogen and oxygen atoms in total. The zero-order valence-corrected chi connectivity index (χ0v) is 14.0. The van der Waals surface area contributed by atoms with Crippen LogP contribution in [0.15, 0.2) is 18.2 Å². The van der Waals surface area contributed by atoms with Crippen molar-refractivity contribution >= 4 is 11.6 Å². The number of nitrogens with zero attached hydrogens (tertiary/aromatic N) is 1. The quantitative estimate of drug-likeness (QED) is 0.909. The van der Waals surface area contributed by atoms with Gasteiger partial charge in [-0.3, -0.25) is 4.79 Å². The van der Waals surface area contributed by atoms with Crippen LogP contribution in [0.2, 0.25) is 0 Å². The van der Waals surface area contributed by atoms with Gasteiger partial charge in [0.05, 0.1) is 0 Å². The lowest BCUT2D eigenvalue weighted by Crippen LogP contribution is -2.49. The lowest BCUT2D eigenvalue weighted by atomic mass is 9.65. The Bertz CT molecular complexity index is 534. The lowest BCUT2D eigenvalue weighted by Gasteiger charge is -2.44. The van der Waals surface area contributed by atoms with Crippen molar-refractivity contribution < 1.29 is 4.79 Å². The van der Waals surface area contributed by atoms with Crippen LogP contribution < -0.4 is 10.6 Å². The third-order valence-electron chi connectivity index (χ3n) is 5.69. The molecule has 1 aromatic rings. The van der Waals surface area contributed by atoms with Crippen LogP contribution in [0, 0.1) is 31.6 Å². The minimum absolute atomic E-state index is 0.154. The van der Waals surface area contributed by atoms with E-state index >= 15 is 0 Å². The van der Waals surface area contributed by atoms with Crippen molar-refractivity contribution in [2.45, 2.75) is 52.0 Å². The maximum atomic E-state index is 12.9. The molecule has 2 saturated carbocycles. The molecular weight excluding hydrogens is 272 g/mol. The maximum absolute atomic E-state index is 12.9. The third kappa shape index (κ3) is 2.91. The number of hydrogen-bond acceptors (Lipinski definition) is 2. The van der Waals surface area contributed by atoms with Crippen LogP contribution in [0.4, 0.5) is 5.69 Å². The van der Waals surface area contributed by atoms with Crippen molar-refractivity contribution in [1.29, 1.82) is 0 Å². The minimum Gasteiger partial charge on any atom is -0.327 e. The zero-order chi connectivity index (χ0) is 15.9. The van der Waals surface area contributed by atoms with Crippen LogP contribution >= 0.6 is 0 Å². The largest absolute Gasteiger partial charge is 0.327 e. The summed E-state index contributed by atoms with van der Waals surface area (Å²) in [6.07, 6.45) is 5.65. The lowest BCUT2D eigenvalue weighted by molar-refractivity contribution is -0.124. The van der Waals surface area contributed by atoms with E-state index < -0.39 is 0 Å². The Balaban J connectivity index is 1.76. The predicted octanol–water partition coefficient (Wildman–Crippen LogP) is 3.42. The second-order valence-electron chi connectivity index (χ2n) is 7.44. The van der Waals surface area contributed by atoms with Gasteiger partial charge in [0.2, 0.25) is 5.91 Å². The van der Waals surface area contributed by atoms with E-state index in [-0.39, 0.29) is 11.8 Å². The number of benzene rings is 1. The molecule has 0 aromatic heterocycles. The highest BCUT2D eigenvalue weighted by atomic mass is 16.2. The number of carbonyl (C=O) groups is 1. The first-order valence-electron chi connectivity index (χ1n) is 8.57. The molecule has 2 bridgehead atoms. The molecule has 2 fully saturated rings. The molecule has 0 spiro atoms. The van der Waals surface area contributed by atoms with Crippen molar-refractivity contribution in [3.63, 3.8) is 0 Å². The number of amides is 1. The van der Waals surface area contributed by atoms with Gasteiger partial charge in [0, 0.05) is 24.7 Å². The number of fused-ring (bicyclic) bond motifs is 2. The number of aryl methyl sites for hydroxylation is 2. The maximum Gasteiger partial charge on any atom is 0.229 e. The van der Waals surface area contributed by atoms with Gasteiger partial charge >= 0.3 is 0 Å². The zero-order valence-electron chi connectivity index (χ0n) is 14.0. The second kappa shape index (κ2) is 6.04. The van der Waals surface area contributed by atoms with Gasteiger partial charge in [-0.1, -0.05) is 12.5 Å². The van der Waals surface area contributed by atoms with Crippen LogP contribution in [-0.4, -0.2) is 19.0 Å². The van der Waals surface area contributed by atoms with E-state index in [0.717, 1.165) is 18.5 Å². The third-order valence-corrected chi connectivity index (χ3v) is 5.69. The van der Waals surface area contributed by atoms with E-state index in [2.05, 4.69) is 32.0 Å². The molecule has 0 aliphatic heterocycles. The van der Waals surface area contributed by atoms with Crippen LogP contribution in [-0.2, 0) is 4.79 Å². The van der Waals surface area contributed by atoms with Gasteiger partial charge in [-0.05, 0) is 74.6 Å². The molecule has 0 saturated heterocycles. The topological polar surface area (TPSA) is 46.3 Å². The monoisotopic (exact) mass is 300 g/mol. The first-order valence-corrected chi connectivity index (χ1v) is 8.57. The van der Waals surface area contributed by atoms with E-state index in [0.29, 0.717) is 17.9 Å². The standard InChI is InChI=1S/C19H28N2O/c1-12-7-13(2)9-17(8-12)21(3)19(22)16-10-14-5-4-6-15(11-16)18(14)20/h7-9,14-16,18H,4-6,10-11,20H2,1-3H3. The van der Waals surface area contributed by atoms with E-state index in [4.69, 9.17) is 5.73 Å². The fourth-order valence-electron chi connectivity index (χ4n) is 4.54. The summed E-state index contributed by atoms with van der Waals surface area (Å²) < 4.78 is 0. The summed E-state index contributed by atoms with van der Waals surface area (Å²) in [6.45, 7) is 4.16. The summed E-state index contributed by atoms with van der Waals surface area (Å²) in [6, 6.07) is 6.66. The summed E-state index contributed by atoms with van der Waals surface area (Å²) in [5.74, 6) is 1.53. The van der Waals surface area contributed by atoms with Gasteiger partial charge in [-0.25, -0.2) is 0 Å². The first kappa shape index (κ1) is 15.5. The number of hydrogen-bond donors (Lipinski definition) is 1. The Kier molecular flexibility index (Phi) is 4.26. The Morgan fingerprint density at radius 2 is 1.64 bits per heavy atom. The molecule has 2 atom stereocenters. The molecule has 22 heavy (non-hydrogen) atoms. The normalized spacial score (nSPS) is 30.9. The smallest absolute Gasteiger partial charge is 0.229 e. The molecule has 1 aromatic carbocycles. The van der Waals surface area contributed by atoms with Gasteiger partial charge < -0.3 is 10.6 Å². The fourth-order valence-corrected chi connectivity index (χ4v) is 4.54. The van der Waals surface area contributed by atoms with Crippen molar-refractivity contribution in [2.24, 2.45) is 23.5 Å². The van der Waals surface area contributed by atoms with Crippen molar-refractivity contribution in [2.75, 3.05) is 11.9 Å². The Morgan fingerprint density at radius 3 is 2.18 bits per heavy atom. The van der Waals surface area contributed by atoms with Crippen molar-refractivity contribution in [3.8, 4) is 0 Å². The van der Waals surface area contributed by atoms with Gasteiger partial charge in [0.15, 0.2) is 0 Å². The molecule has 2 N–H and O–H groups in total. The fraction of sp³-hybridized carbons (Fsp3) is 0.632. The molecule has 0 radical (unpaired) electrons. The molecule has 3 heteroatoms. The molecule has 0 heterocycles. The van der Waals surface area contributed by atoms with E-state index in [1.807, 2.05) is 11.9 Å². The average Bonchev–Trinajstić information content (AvgIpc) is 2.44. The van der Waals surface area contributed by atoms with Gasteiger partial charge in [0.25, 0.3) is 0 Å². The Morgan fingerprint density at radius 1 is 1.09 bits per heavy atom. The van der Waals surface area contributed by atoms with Crippen LogP contribution in [0.25, 0.3) is 0 Å². The first-order chi connectivity index (χ1) is 10.5. The molecule has 3 rings (SSSR count). The van der Waals surface area contributed by atoms with Crippen LogP contribution in [0.3, 0.4) is 0 Å². The summed E-state index contributed by atoms with van der Waals surface area (Å²) in [4.78, 5) is 14.8. The number of carbonyl (C=O) groups excluding carboxylic acids is 1. The van der Waals surface area contributed by atoms with Crippen molar-refractivity contribution in [1.82, 2.24) is 0 Å². The second-order valence-corrected chi connectivity index (χ2v) is 7.44. The summed E-state index contributed by atoms with van der Waals surface area (Å²) in [5.41, 5.74) is 9.78. The molecule has 2 aliphatic rings. The molecule has 2 aliphatic carbocycles. The predicted molar refractivity (Wildman–Crippen MR) is 90.9 cm³/mol. The SMILES string of the molecule is Cc1cc(C)cc(N(C)C(=O)C2CC3CCCC(C2)C3N)c1. The Hall–Kier alpha value is -1.35. The summed E-state index contributed by atoms with van der Waals surface area (Å²) in [5, 5.41) is 0. The minimum atomic E-state index is 0.154. The van der Waals surface area contributed by atoms with Gasteiger partial charge in [0.1, 0.15) is 0 Å². The van der Waals surface area contributed by atoms with Crippen molar-refractivity contribution in [3.05, 3.63) is 29.3 Å². The van der Waals surface area contributed by atoms with Crippen LogP contribution in [0.5, 0.6) is 0 Å². The van der Waals surface area contributed by atoms with Gasteiger partial charge in [-0.15, -0.1) is 0 Å². The Labute approximate surface area is 133 Å². The van der Waals surface area contributed by atoms with E-state index in [9.17, 15) is 4.79 Å². The number of rotatable bonds is 2. The van der Waals surface area contributed by atoms with Crippen LogP contribution in [0.1, 0.15) is 43.2 Å². The molecule has 120 valence electrons. The van der Waals surface area contributed by atoms with Gasteiger partial charge in [-0.2, -0.15) is 0 Å². The molecule has 2 unspecified atom stereocenters. The number of anilines is 1. The highest BCUT2D eigenvalue weighted by molar-refractivity contribution is 5.94. The number of nitrogens with two attached hydrogens (primary N) is 1. The highest BCUT2D eigenvalue weighted by Crippen LogP contribution is 2.42. The molecule has 1 amide bonds. The highest BCUT2D eigenvalue weighted by Gasteiger charge is 2.41. The molecular formula is C19H28N2O. The van der Waals surface area contributed by atoms with E-state index in [1.165, 1.54) is 30.4 Å². The average molecular weight is 300 g/mol. The van der Waals surface area contributed by atoms with E-state index in [1.54, 1.807) is 0 Å². The summed E-state index contributed by atoms with van der Waals surface area (Å²) in [7, 11) is 1.92. The summed E-state index contributed by atoms with van der Waals surface area (Å²) >= 11 is 0.